The summed E-state index contributed by atoms with van der Waals surface area (Å²) in [4.78, 5) is 13.9. The largest absolute Gasteiger partial charge is 0.464 e. The van der Waals surface area contributed by atoms with Gasteiger partial charge in [-0.3, -0.25) is 0 Å². The first-order valence-electron chi connectivity index (χ1n) is 4.21. The topological polar surface area (TPSA) is 39.2 Å². The van der Waals surface area contributed by atoms with E-state index in [1.165, 1.54) is 0 Å². The monoisotopic (exact) mass is 255 g/mol. The van der Waals surface area contributed by atoms with E-state index in [0.717, 1.165) is 7.11 Å². The number of alkyl halides is 5. The van der Waals surface area contributed by atoms with Crippen LogP contribution in [0.3, 0.4) is 0 Å². The smallest absolute Gasteiger partial charge is 0.433 e. The first-order valence-corrected chi connectivity index (χ1v) is 4.21. The van der Waals surface area contributed by atoms with Gasteiger partial charge >= 0.3 is 12.1 Å². The molecule has 0 aliphatic carbocycles. The summed E-state index contributed by atoms with van der Waals surface area (Å²) >= 11 is 0. The number of esters is 1. The van der Waals surface area contributed by atoms with Crippen LogP contribution in [0.15, 0.2) is 12.1 Å². The standard InChI is InChI=1S/C9H6F5NO2/c1-17-8(16)5-2-4(7(10)11)3-6(15-5)9(12,13)14/h2-3,7H,1H3. The summed E-state index contributed by atoms with van der Waals surface area (Å²) in [6.07, 6.45) is -8.05. The Kier molecular flexibility index (Phi) is 3.64. The zero-order valence-corrected chi connectivity index (χ0v) is 8.39. The molecule has 0 aliphatic heterocycles. The average Bonchev–Trinajstić information content (AvgIpc) is 2.26. The van der Waals surface area contributed by atoms with E-state index in [0.29, 0.717) is 6.07 Å². The van der Waals surface area contributed by atoms with Crippen LogP contribution >= 0.6 is 0 Å². The van der Waals surface area contributed by atoms with Crippen molar-refractivity contribution in [3.05, 3.63) is 29.1 Å². The van der Waals surface area contributed by atoms with Crippen LogP contribution in [-0.2, 0) is 10.9 Å². The minimum Gasteiger partial charge on any atom is -0.464 e. The Morgan fingerprint density at radius 2 is 1.94 bits per heavy atom. The molecule has 1 aromatic heterocycles. The number of hydrogen-bond acceptors (Lipinski definition) is 3. The van der Waals surface area contributed by atoms with Crippen molar-refractivity contribution >= 4 is 5.97 Å². The second kappa shape index (κ2) is 4.64. The number of aromatic nitrogens is 1. The highest BCUT2D eigenvalue weighted by Gasteiger charge is 2.34. The molecule has 0 spiro atoms. The summed E-state index contributed by atoms with van der Waals surface area (Å²) in [5.41, 5.74) is -3.30. The molecule has 0 N–H and O–H groups in total. The van der Waals surface area contributed by atoms with Crippen molar-refractivity contribution in [2.45, 2.75) is 12.6 Å². The third-order valence-electron chi connectivity index (χ3n) is 1.78. The zero-order valence-electron chi connectivity index (χ0n) is 8.39. The van der Waals surface area contributed by atoms with E-state index in [1.807, 2.05) is 0 Å². The SMILES string of the molecule is COC(=O)c1cc(C(F)F)cc(C(F)(F)F)n1. The number of methoxy groups -OCH3 is 1. The summed E-state index contributed by atoms with van der Waals surface area (Å²) < 4.78 is 65.8. The summed E-state index contributed by atoms with van der Waals surface area (Å²) in [5, 5.41) is 0. The molecule has 1 rings (SSSR count). The molecule has 0 radical (unpaired) electrons. The number of pyridine rings is 1. The predicted octanol–water partition coefficient (Wildman–Crippen LogP) is 2.82. The Morgan fingerprint density at radius 3 is 2.35 bits per heavy atom. The molecule has 0 unspecified atom stereocenters. The van der Waals surface area contributed by atoms with Gasteiger partial charge in [0.25, 0.3) is 6.43 Å². The molecule has 1 heterocycles. The van der Waals surface area contributed by atoms with Crippen LogP contribution in [0.1, 0.15) is 28.2 Å². The molecule has 0 amide bonds. The normalized spacial score (nSPS) is 11.7. The van der Waals surface area contributed by atoms with E-state index < -0.39 is 35.5 Å². The van der Waals surface area contributed by atoms with Gasteiger partial charge in [-0.1, -0.05) is 0 Å². The molecule has 0 saturated carbocycles. The number of carbonyl (C=O) groups excluding carboxylic acids is 1. The van der Waals surface area contributed by atoms with Gasteiger partial charge in [0.1, 0.15) is 11.4 Å². The maximum atomic E-state index is 12.3. The Hall–Kier alpha value is -1.73. The van der Waals surface area contributed by atoms with Gasteiger partial charge in [-0.2, -0.15) is 13.2 Å². The van der Waals surface area contributed by atoms with Crippen LogP contribution in [0, 0.1) is 0 Å². The molecule has 0 atom stereocenters. The lowest BCUT2D eigenvalue weighted by Gasteiger charge is -2.09. The molecule has 0 aliphatic rings. The lowest BCUT2D eigenvalue weighted by molar-refractivity contribution is -0.141. The number of carbonyl (C=O) groups is 1. The first-order chi connectivity index (χ1) is 7.75. The Morgan fingerprint density at radius 1 is 1.35 bits per heavy atom. The molecule has 3 nitrogen and oxygen atoms in total. The summed E-state index contributed by atoms with van der Waals surface area (Å²) in [5.74, 6) is -1.21. The van der Waals surface area contributed by atoms with Gasteiger partial charge in [-0.25, -0.2) is 18.6 Å². The van der Waals surface area contributed by atoms with Gasteiger partial charge in [0, 0.05) is 5.56 Å². The lowest BCUT2D eigenvalue weighted by Crippen LogP contribution is -2.14. The quantitative estimate of drug-likeness (QED) is 0.602. The predicted molar refractivity (Wildman–Crippen MR) is 45.5 cm³/mol. The number of rotatable bonds is 2. The highest BCUT2D eigenvalue weighted by Crippen LogP contribution is 2.31. The average molecular weight is 255 g/mol. The Balaban J connectivity index is 3.34. The molecular formula is C9H6F5NO2. The molecule has 94 valence electrons. The molecule has 0 aromatic carbocycles. The maximum absolute atomic E-state index is 12.3. The lowest BCUT2D eigenvalue weighted by atomic mass is 10.2. The molecule has 0 bridgehead atoms. The van der Waals surface area contributed by atoms with E-state index in [4.69, 9.17) is 0 Å². The third-order valence-corrected chi connectivity index (χ3v) is 1.78. The number of nitrogens with zero attached hydrogens (tertiary/aromatic N) is 1. The van der Waals surface area contributed by atoms with Crippen molar-refractivity contribution in [2.75, 3.05) is 7.11 Å². The highest BCUT2D eigenvalue weighted by molar-refractivity contribution is 5.87. The molecule has 1 aromatic rings. The van der Waals surface area contributed by atoms with Crippen molar-refractivity contribution in [1.82, 2.24) is 4.98 Å². The third kappa shape index (κ3) is 3.11. The second-order valence-electron chi connectivity index (χ2n) is 2.96. The summed E-state index contributed by atoms with van der Waals surface area (Å²) in [6.45, 7) is 0. The van der Waals surface area contributed by atoms with Crippen molar-refractivity contribution < 1.29 is 31.5 Å². The van der Waals surface area contributed by atoms with E-state index in [2.05, 4.69) is 9.72 Å². The fourth-order valence-corrected chi connectivity index (χ4v) is 1.03. The molecular weight excluding hydrogens is 249 g/mol. The van der Waals surface area contributed by atoms with Crippen molar-refractivity contribution in [1.29, 1.82) is 0 Å². The van der Waals surface area contributed by atoms with Gasteiger partial charge in [-0.05, 0) is 12.1 Å². The first kappa shape index (κ1) is 13.3. The minimum absolute atomic E-state index is 0.192. The van der Waals surface area contributed by atoms with Gasteiger partial charge < -0.3 is 4.74 Å². The van der Waals surface area contributed by atoms with Crippen molar-refractivity contribution in [3.8, 4) is 0 Å². The Bertz CT molecular complexity index is 430. The maximum Gasteiger partial charge on any atom is 0.433 e. The molecule has 17 heavy (non-hydrogen) atoms. The van der Waals surface area contributed by atoms with E-state index in [-0.39, 0.29) is 6.07 Å². The summed E-state index contributed by atoms with van der Waals surface area (Å²) in [6, 6.07) is 0.753. The van der Waals surface area contributed by atoms with Crippen LogP contribution in [0.4, 0.5) is 22.0 Å². The molecule has 0 fully saturated rings. The van der Waals surface area contributed by atoms with Crippen molar-refractivity contribution in [2.24, 2.45) is 0 Å². The van der Waals surface area contributed by atoms with Gasteiger partial charge in [-0.15, -0.1) is 0 Å². The van der Waals surface area contributed by atoms with E-state index in [1.54, 1.807) is 0 Å². The van der Waals surface area contributed by atoms with Crippen LogP contribution in [0.5, 0.6) is 0 Å². The van der Waals surface area contributed by atoms with Crippen LogP contribution < -0.4 is 0 Å². The number of ether oxygens (including phenoxy) is 1. The number of hydrogen-bond donors (Lipinski definition) is 0. The Labute approximate surface area is 92.2 Å². The van der Waals surface area contributed by atoms with Crippen LogP contribution in [0.2, 0.25) is 0 Å². The zero-order chi connectivity index (χ0) is 13.2. The summed E-state index contributed by atoms with van der Waals surface area (Å²) in [7, 11) is 0.909. The fourth-order valence-electron chi connectivity index (χ4n) is 1.03. The molecule has 8 heteroatoms. The number of halogens is 5. The fraction of sp³-hybridized carbons (Fsp3) is 0.333. The van der Waals surface area contributed by atoms with E-state index >= 15 is 0 Å². The molecule has 0 saturated heterocycles. The van der Waals surface area contributed by atoms with Gasteiger partial charge in [0.05, 0.1) is 7.11 Å². The minimum atomic E-state index is -4.91. The highest BCUT2D eigenvalue weighted by atomic mass is 19.4. The van der Waals surface area contributed by atoms with Crippen LogP contribution in [0.25, 0.3) is 0 Å². The van der Waals surface area contributed by atoms with Gasteiger partial charge in [0.2, 0.25) is 0 Å². The second-order valence-corrected chi connectivity index (χ2v) is 2.96. The van der Waals surface area contributed by atoms with Gasteiger partial charge in [0.15, 0.2) is 0 Å². The van der Waals surface area contributed by atoms with E-state index in [9.17, 15) is 26.7 Å². The van der Waals surface area contributed by atoms with Crippen molar-refractivity contribution in [3.63, 3.8) is 0 Å². The van der Waals surface area contributed by atoms with Crippen LogP contribution in [-0.4, -0.2) is 18.1 Å².